The largest absolute Gasteiger partial charge is 0.370 e. The van der Waals surface area contributed by atoms with E-state index in [0.29, 0.717) is 23.7 Å². The zero-order valence-corrected chi connectivity index (χ0v) is 12.9. The number of aryl methyl sites for hydroxylation is 1. The molecule has 6 heteroatoms. The van der Waals surface area contributed by atoms with Gasteiger partial charge in [0, 0.05) is 23.4 Å². The number of aromatic nitrogens is 2. The molecule has 0 spiro atoms. The van der Waals surface area contributed by atoms with E-state index in [4.69, 9.17) is 0 Å². The third-order valence-electron chi connectivity index (χ3n) is 2.60. The van der Waals surface area contributed by atoms with E-state index in [-0.39, 0.29) is 5.91 Å². The number of anilines is 2. The molecule has 2 aromatic heterocycles. The quantitative estimate of drug-likeness (QED) is 0.900. The van der Waals surface area contributed by atoms with Crippen molar-refractivity contribution in [1.29, 1.82) is 0 Å². The lowest BCUT2D eigenvalue weighted by atomic mass is 10.2. The van der Waals surface area contributed by atoms with Crippen LogP contribution in [0.5, 0.6) is 0 Å². The van der Waals surface area contributed by atoms with Crippen LogP contribution in [-0.2, 0) is 0 Å². The molecular formula is C14H15BrN4O. The highest BCUT2D eigenvalue weighted by molar-refractivity contribution is 9.10. The molecule has 1 amide bonds. The number of carbonyl (C=O) groups is 1. The lowest BCUT2D eigenvalue weighted by Crippen LogP contribution is -2.16. The second-order valence-electron chi connectivity index (χ2n) is 4.25. The zero-order chi connectivity index (χ0) is 14.5. The molecule has 20 heavy (non-hydrogen) atoms. The Hall–Kier alpha value is -1.95. The number of rotatable bonds is 4. The van der Waals surface area contributed by atoms with Gasteiger partial charge in [-0.3, -0.25) is 4.79 Å². The molecular weight excluding hydrogens is 320 g/mol. The summed E-state index contributed by atoms with van der Waals surface area (Å²) in [4.78, 5) is 20.7. The van der Waals surface area contributed by atoms with Gasteiger partial charge in [0.05, 0.1) is 5.56 Å². The van der Waals surface area contributed by atoms with E-state index in [0.717, 1.165) is 10.0 Å². The second-order valence-corrected chi connectivity index (χ2v) is 5.17. The first-order valence-corrected chi connectivity index (χ1v) is 7.03. The third kappa shape index (κ3) is 3.54. The average molecular weight is 335 g/mol. The molecule has 0 aliphatic carbocycles. The van der Waals surface area contributed by atoms with Gasteiger partial charge in [0.2, 0.25) is 0 Å². The summed E-state index contributed by atoms with van der Waals surface area (Å²) >= 11 is 3.32. The van der Waals surface area contributed by atoms with Gasteiger partial charge in [0.15, 0.2) is 0 Å². The van der Waals surface area contributed by atoms with Crippen LogP contribution < -0.4 is 10.6 Å². The minimum atomic E-state index is -0.244. The van der Waals surface area contributed by atoms with Gasteiger partial charge < -0.3 is 10.6 Å². The lowest BCUT2D eigenvalue weighted by molar-refractivity contribution is 0.102. The van der Waals surface area contributed by atoms with Crippen LogP contribution in [0.2, 0.25) is 0 Å². The van der Waals surface area contributed by atoms with Gasteiger partial charge in [-0.2, -0.15) is 0 Å². The molecule has 2 rings (SSSR count). The SMILES string of the molecule is CCNc1ncc(Br)cc1C(=O)Nc1ccc(C)cn1. The molecule has 0 radical (unpaired) electrons. The molecule has 0 saturated heterocycles. The summed E-state index contributed by atoms with van der Waals surface area (Å²) in [6.45, 7) is 4.59. The molecule has 0 unspecified atom stereocenters. The molecule has 104 valence electrons. The maximum atomic E-state index is 12.3. The zero-order valence-electron chi connectivity index (χ0n) is 11.3. The molecule has 0 saturated carbocycles. The average Bonchev–Trinajstić information content (AvgIpc) is 2.43. The Bertz CT molecular complexity index is 613. The summed E-state index contributed by atoms with van der Waals surface area (Å²) in [6, 6.07) is 5.40. The first-order chi connectivity index (χ1) is 9.60. The van der Waals surface area contributed by atoms with Crippen LogP contribution in [-0.4, -0.2) is 22.4 Å². The van der Waals surface area contributed by atoms with Crippen molar-refractivity contribution in [2.24, 2.45) is 0 Å². The Morgan fingerprint density at radius 2 is 2.10 bits per heavy atom. The lowest BCUT2D eigenvalue weighted by Gasteiger charge is -2.10. The number of hydrogen-bond donors (Lipinski definition) is 2. The molecule has 2 heterocycles. The normalized spacial score (nSPS) is 10.2. The van der Waals surface area contributed by atoms with Crippen molar-refractivity contribution in [3.05, 3.63) is 46.2 Å². The van der Waals surface area contributed by atoms with E-state index in [1.807, 2.05) is 19.9 Å². The van der Waals surface area contributed by atoms with Crippen LogP contribution in [0.1, 0.15) is 22.8 Å². The van der Waals surface area contributed by atoms with Crippen molar-refractivity contribution in [3.63, 3.8) is 0 Å². The Labute approximate surface area is 126 Å². The van der Waals surface area contributed by atoms with Crippen LogP contribution in [0.3, 0.4) is 0 Å². The molecule has 0 aliphatic heterocycles. The fourth-order valence-corrected chi connectivity index (χ4v) is 1.98. The fourth-order valence-electron chi connectivity index (χ4n) is 1.65. The van der Waals surface area contributed by atoms with Gasteiger partial charge in [0.25, 0.3) is 5.91 Å². The van der Waals surface area contributed by atoms with Gasteiger partial charge >= 0.3 is 0 Å². The highest BCUT2D eigenvalue weighted by atomic mass is 79.9. The topological polar surface area (TPSA) is 66.9 Å². The third-order valence-corrected chi connectivity index (χ3v) is 3.03. The van der Waals surface area contributed by atoms with Gasteiger partial charge in [-0.15, -0.1) is 0 Å². The molecule has 2 aromatic rings. The number of hydrogen-bond acceptors (Lipinski definition) is 4. The Kier molecular flexibility index (Phi) is 4.68. The first-order valence-electron chi connectivity index (χ1n) is 6.23. The highest BCUT2D eigenvalue weighted by Crippen LogP contribution is 2.19. The number of nitrogens with zero attached hydrogens (tertiary/aromatic N) is 2. The van der Waals surface area contributed by atoms with Crippen LogP contribution in [0.4, 0.5) is 11.6 Å². The fraction of sp³-hybridized carbons (Fsp3) is 0.214. The van der Waals surface area contributed by atoms with Crippen LogP contribution >= 0.6 is 15.9 Å². The van der Waals surface area contributed by atoms with E-state index in [9.17, 15) is 4.79 Å². The monoisotopic (exact) mass is 334 g/mol. The molecule has 0 aromatic carbocycles. The van der Waals surface area contributed by atoms with Gasteiger partial charge in [-0.1, -0.05) is 6.07 Å². The van der Waals surface area contributed by atoms with E-state index in [1.165, 1.54) is 0 Å². The summed E-state index contributed by atoms with van der Waals surface area (Å²) in [5.74, 6) is 0.828. The van der Waals surface area contributed by atoms with Crippen LogP contribution in [0.25, 0.3) is 0 Å². The van der Waals surface area contributed by atoms with Gasteiger partial charge in [-0.25, -0.2) is 9.97 Å². The van der Waals surface area contributed by atoms with Crippen molar-refractivity contribution in [1.82, 2.24) is 9.97 Å². The minimum absolute atomic E-state index is 0.244. The second kappa shape index (κ2) is 6.47. The van der Waals surface area contributed by atoms with E-state index in [2.05, 4.69) is 36.5 Å². The van der Waals surface area contributed by atoms with Crippen molar-refractivity contribution < 1.29 is 4.79 Å². The predicted molar refractivity (Wildman–Crippen MR) is 83.0 cm³/mol. The van der Waals surface area contributed by atoms with E-state index < -0.39 is 0 Å². The van der Waals surface area contributed by atoms with Crippen molar-refractivity contribution in [3.8, 4) is 0 Å². The Morgan fingerprint density at radius 3 is 2.75 bits per heavy atom. The van der Waals surface area contributed by atoms with Crippen molar-refractivity contribution in [2.45, 2.75) is 13.8 Å². The molecule has 0 aliphatic rings. The maximum absolute atomic E-state index is 12.3. The number of halogens is 1. The number of amides is 1. The van der Waals surface area contributed by atoms with Gasteiger partial charge in [-0.05, 0) is 47.5 Å². The highest BCUT2D eigenvalue weighted by Gasteiger charge is 2.13. The van der Waals surface area contributed by atoms with E-state index in [1.54, 1.807) is 24.5 Å². The summed E-state index contributed by atoms with van der Waals surface area (Å²) in [5.41, 5.74) is 1.52. The number of nitrogens with one attached hydrogen (secondary N) is 2. The molecule has 5 nitrogen and oxygen atoms in total. The Balaban J connectivity index is 2.23. The number of pyridine rings is 2. The van der Waals surface area contributed by atoms with E-state index >= 15 is 0 Å². The van der Waals surface area contributed by atoms with Crippen molar-refractivity contribution >= 4 is 33.5 Å². The summed E-state index contributed by atoms with van der Waals surface area (Å²) < 4.78 is 0.751. The summed E-state index contributed by atoms with van der Waals surface area (Å²) in [5, 5.41) is 5.83. The van der Waals surface area contributed by atoms with Crippen molar-refractivity contribution in [2.75, 3.05) is 17.2 Å². The molecule has 2 N–H and O–H groups in total. The number of carbonyl (C=O) groups excluding carboxylic acids is 1. The van der Waals surface area contributed by atoms with Crippen LogP contribution in [0, 0.1) is 6.92 Å². The molecule has 0 atom stereocenters. The summed E-state index contributed by atoms with van der Waals surface area (Å²) in [7, 11) is 0. The maximum Gasteiger partial charge on any atom is 0.260 e. The van der Waals surface area contributed by atoms with Gasteiger partial charge in [0.1, 0.15) is 11.6 Å². The molecule has 0 fully saturated rings. The Morgan fingerprint density at radius 1 is 1.30 bits per heavy atom. The van der Waals surface area contributed by atoms with Crippen LogP contribution in [0.15, 0.2) is 35.1 Å². The predicted octanol–water partition coefficient (Wildman–Crippen LogP) is 3.23. The smallest absolute Gasteiger partial charge is 0.260 e. The molecule has 0 bridgehead atoms. The minimum Gasteiger partial charge on any atom is -0.370 e. The standard InChI is InChI=1S/C14H15BrN4O/c1-3-16-13-11(6-10(15)8-18-13)14(20)19-12-5-4-9(2)7-17-12/h4-8H,3H2,1-2H3,(H,16,18)(H,17,19,20). The first kappa shape index (κ1) is 14.5. The summed E-state index contributed by atoms with van der Waals surface area (Å²) in [6.07, 6.45) is 3.36.